The Morgan fingerprint density at radius 3 is 2.82 bits per heavy atom. The van der Waals surface area contributed by atoms with Crippen molar-refractivity contribution in [1.82, 2.24) is 0 Å². The van der Waals surface area contributed by atoms with E-state index in [1.54, 1.807) is 0 Å². The molecule has 0 aromatic carbocycles. The first kappa shape index (κ1) is 10.3. The summed E-state index contributed by atoms with van der Waals surface area (Å²) in [6, 6.07) is 1.97. The van der Waals surface area contributed by atoms with Gasteiger partial charge in [0.15, 0.2) is 0 Å². The summed E-state index contributed by atoms with van der Waals surface area (Å²) in [5.41, 5.74) is 0. The molecule has 62 valence electrons. The molecule has 4 heteroatoms. The first-order valence-electron chi connectivity index (χ1n) is 3.43. The Morgan fingerprint density at radius 2 is 2.45 bits per heavy atom. The molecule has 1 N–H and O–H groups in total. The lowest BCUT2D eigenvalue weighted by Crippen LogP contribution is -2.15. The van der Waals surface area contributed by atoms with Crippen LogP contribution in [0, 0.1) is 11.3 Å². The van der Waals surface area contributed by atoms with Gasteiger partial charge in [-0.15, -0.1) is 11.8 Å². The van der Waals surface area contributed by atoms with Crippen LogP contribution in [0.5, 0.6) is 0 Å². The molecule has 1 unspecified atom stereocenters. The minimum Gasteiger partial charge on any atom is -0.480 e. The molecular formula is C7H11NO2S. The van der Waals surface area contributed by atoms with Crippen molar-refractivity contribution >= 4 is 17.7 Å². The number of rotatable bonds is 5. The molecule has 1 atom stereocenters. The highest BCUT2D eigenvalue weighted by molar-refractivity contribution is 8.00. The number of aliphatic carboxylic acids is 1. The van der Waals surface area contributed by atoms with Crippen molar-refractivity contribution in [2.24, 2.45) is 0 Å². The van der Waals surface area contributed by atoms with Crippen LogP contribution in [0.25, 0.3) is 0 Å². The molecule has 0 radical (unpaired) electrons. The SMILES string of the molecule is CCC(SCCC#N)C(=O)O. The van der Waals surface area contributed by atoms with Crippen molar-refractivity contribution in [3.05, 3.63) is 0 Å². The fraction of sp³-hybridized carbons (Fsp3) is 0.714. The Hall–Kier alpha value is -0.690. The molecule has 0 rings (SSSR count). The van der Waals surface area contributed by atoms with Gasteiger partial charge in [-0.1, -0.05) is 6.92 Å². The standard InChI is InChI=1S/C7H11NO2S/c1-2-6(7(9)10)11-5-3-4-8/h6H,2-3,5H2,1H3,(H,9,10). The van der Waals surface area contributed by atoms with Gasteiger partial charge < -0.3 is 5.11 Å². The predicted octanol–water partition coefficient (Wildman–Crippen LogP) is 1.50. The molecule has 0 aromatic rings. The second kappa shape index (κ2) is 6.05. The minimum atomic E-state index is -0.782. The van der Waals surface area contributed by atoms with E-state index in [1.807, 2.05) is 13.0 Å². The van der Waals surface area contributed by atoms with Gasteiger partial charge in [0.2, 0.25) is 0 Å². The highest BCUT2D eigenvalue weighted by Gasteiger charge is 2.13. The van der Waals surface area contributed by atoms with Crippen LogP contribution in [0.15, 0.2) is 0 Å². The zero-order chi connectivity index (χ0) is 8.69. The van der Waals surface area contributed by atoms with E-state index in [4.69, 9.17) is 10.4 Å². The summed E-state index contributed by atoms with van der Waals surface area (Å²) in [6.45, 7) is 1.83. The summed E-state index contributed by atoms with van der Waals surface area (Å²) in [5.74, 6) is -0.170. The number of hydrogen-bond donors (Lipinski definition) is 1. The first-order valence-corrected chi connectivity index (χ1v) is 4.48. The highest BCUT2D eigenvalue weighted by atomic mass is 32.2. The number of carboxylic acid groups (broad SMARTS) is 1. The van der Waals surface area contributed by atoms with Crippen molar-refractivity contribution in [3.63, 3.8) is 0 Å². The van der Waals surface area contributed by atoms with Crippen LogP contribution < -0.4 is 0 Å². The molecule has 11 heavy (non-hydrogen) atoms. The van der Waals surface area contributed by atoms with E-state index in [0.717, 1.165) is 0 Å². The minimum absolute atomic E-state index is 0.344. The number of carbonyl (C=O) groups is 1. The third-order valence-electron chi connectivity index (χ3n) is 1.18. The van der Waals surface area contributed by atoms with Crippen molar-refractivity contribution in [1.29, 1.82) is 5.26 Å². The summed E-state index contributed by atoms with van der Waals surface area (Å²) in [4.78, 5) is 10.4. The molecule has 0 aromatic heterocycles. The Bertz CT molecular complexity index is 164. The second-order valence-electron chi connectivity index (χ2n) is 2.01. The number of hydrogen-bond acceptors (Lipinski definition) is 3. The maximum atomic E-state index is 10.4. The quantitative estimate of drug-likeness (QED) is 0.640. The topological polar surface area (TPSA) is 61.1 Å². The summed E-state index contributed by atoms with van der Waals surface area (Å²) in [6.07, 6.45) is 1.04. The zero-order valence-electron chi connectivity index (χ0n) is 6.41. The van der Waals surface area contributed by atoms with Crippen LogP contribution in [-0.2, 0) is 4.79 Å². The van der Waals surface area contributed by atoms with Gasteiger partial charge in [0.05, 0.1) is 6.07 Å². The van der Waals surface area contributed by atoms with Gasteiger partial charge in [-0.2, -0.15) is 5.26 Å². The van der Waals surface area contributed by atoms with E-state index >= 15 is 0 Å². The largest absolute Gasteiger partial charge is 0.480 e. The van der Waals surface area contributed by atoms with Crippen molar-refractivity contribution in [2.45, 2.75) is 25.0 Å². The molecule has 0 fully saturated rings. The number of nitrogens with zero attached hydrogens (tertiary/aromatic N) is 1. The fourth-order valence-electron chi connectivity index (χ4n) is 0.611. The molecule has 0 heterocycles. The monoisotopic (exact) mass is 173 g/mol. The molecule has 0 bridgehead atoms. The summed E-state index contributed by atoms with van der Waals surface area (Å²) < 4.78 is 0. The van der Waals surface area contributed by atoms with Crippen LogP contribution >= 0.6 is 11.8 Å². The zero-order valence-corrected chi connectivity index (χ0v) is 7.23. The van der Waals surface area contributed by atoms with Gasteiger partial charge in [-0.3, -0.25) is 4.79 Å². The van der Waals surface area contributed by atoms with Crippen LogP contribution in [0.2, 0.25) is 0 Å². The van der Waals surface area contributed by atoms with E-state index < -0.39 is 5.97 Å². The van der Waals surface area contributed by atoms with E-state index in [-0.39, 0.29) is 5.25 Å². The number of carboxylic acids is 1. The molecule has 3 nitrogen and oxygen atoms in total. The Balaban J connectivity index is 3.54. The molecule has 0 amide bonds. The second-order valence-corrected chi connectivity index (χ2v) is 3.32. The van der Waals surface area contributed by atoms with E-state index in [2.05, 4.69) is 0 Å². The van der Waals surface area contributed by atoms with Crippen LogP contribution in [-0.4, -0.2) is 22.1 Å². The number of nitriles is 1. The van der Waals surface area contributed by atoms with E-state index in [0.29, 0.717) is 18.6 Å². The third-order valence-corrected chi connectivity index (χ3v) is 2.56. The van der Waals surface area contributed by atoms with Crippen molar-refractivity contribution in [2.75, 3.05) is 5.75 Å². The molecule has 0 saturated carbocycles. The average molecular weight is 173 g/mol. The smallest absolute Gasteiger partial charge is 0.316 e. The normalized spacial score (nSPS) is 12.0. The number of thioether (sulfide) groups is 1. The van der Waals surface area contributed by atoms with Crippen LogP contribution in [0.3, 0.4) is 0 Å². The third kappa shape index (κ3) is 4.68. The van der Waals surface area contributed by atoms with Crippen LogP contribution in [0.4, 0.5) is 0 Å². The van der Waals surface area contributed by atoms with E-state index in [9.17, 15) is 4.79 Å². The molecule has 0 aliphatic carbocycles. The van der Waals surface area contributed by atoms with Gasteiger partial charge in [-0.25, -0.2) is 0 Å². The van der Waals surface area contributed by atoms with Crippen molar-refractivity contribution in [3.8, 4) is 6.07 Å². The van der Waals surface area contributed by atoms with Gasteiger partial charge in [0.1, 0.15) is 5.25 Å². The lowest BCUT2D eigenvalue weighted by atomic mass is 10.3. The lowest BCUT2D eigenvalue weighted by molar-refractivity contribution is -0.136. The maximum absolute atomic E-state index is 10.4. The van der Waals surface area contributed by atoms with Crippen LogP contribution in [0.1, 0.15) is 19.8 Å². The first-order chi connectivity index (χ1) is 5.22. The Labute approximate surface area is 70.4 Å². The highest BCUT2D eigenvalue weighted by Crippen LogP contribution is 2.15. The maximum Gasteiger partial charge on any atom is 0.316 e. The van der Waals surface area contributed by atoms with Gasteiger partial charge in [0, 0.05) is 12.2 Å². The average Bonchev–Trinajstić information content (AvgIpc) is 1.97. The Kier molecular flexibility index (Phi) is 5.67. The fourth-order valence-corrected chi connectivity index (χ4v) is 1.48. The predicted molar refractivity (Wildman–Crippen MR) is 44.4 cm³/mol. The molecule has 0 saturated heterocycles. The molecule has 0 aliphatic rings. The summed E-state index contributed by atoms with van der Waals surface area (Å²) in [5, 5.41) is 16.4. The van der Waals surface area contributed by atoms with Gasteiger partial charge in [0.25, 0.3) is 0 Å². The van der Waals surface area contributed by atoms with Crippen molar-refractivity contribution < 1.29 is 9.90 Å². The van der Waals surface area contributed by atoms with E-state index in [1.165, 1.54) is 11.8 Å². The molecule has 0 aliphatic heterocycles. The Morgan fingerprint density at radius 1 is 1.82 bits per heavy atom. The molecular weight excluding hydrogens is 162 g/mol. The summed E-state index contributed by atoms with van der Waals surface area (Å²) >= 11 is 1.33. The molecule has 0 spiro atoms. The lowest BCUT2D eigenvalue weighted by Gasteiger charge is -2.06. The van der Waals surface area contributed by atoms with Gasteiger partial charge in [-0.05, 0) is 6.42 Å². The van der Waals surface area contributed by atoms with Gasteiger partial charge >= 0.3 is 5.97 Å². The summed E-state index contributed by atoms with van der Waals surface area (Å²) in [7, 11) is 0.